The smallest absolute Gasteiger partial charge is 0.356 e. The van der Waals surface area contributed by atoms with E-state index in [1.807, 2.05) is 0 Å². The minimum Gasteiger partial charge on any atom is -0.464 e. The quantitative estimate of drug-likeness (QED) is 0.344. The number of carbonyl (C=O) groups excluding carboxylic acids is 1. The molecule has 1 heterocycles. The molecule has 0 radical (unpaired) electrons. The van der Waals surface area contributed by atoms with Crippen LogP contribution in [0.15, 0.2) is 12.1 Å². The first-order valence-electron chi connectivity index (χ1n) is 5.47. The number of methoxy groups -OCH3 is 1. The molecule has 7 heteroatoms. The van der Waals surface area contributed by atoms with E-state index in [4.69, 9.17) is 6.42 Å². The predicted octanol–water partition coefficient (Wildman–Crippen LogP) is 1.24. The van der Waals surface area contributed by atoms with Gasteiger partial charge in [-0.1, -0.05) is 5.92 Å². The number of nitrogens with zero attached hydrogens (tertiary/aromatic N) is 3. The summed E-state index contributed by atoms with van der Waals surface area (Å²) in [6, 6.07) is 2.46. The Balaban J connectivity index is 3.34. The summed E-state index contributed by atoms with van der Waals surface area (Å²) in [7, 11) is 1.21. The van der Waals surface area contributed by atoms with Gasteiger partial charge in [-0.2, -0.15) is 0 Å². The van der Waals surface area contributed by atoms with Gasteiger partial charge in [0.1, 0.15) is 0 Å². The van der Waals surface area contributed by atoms with Crippen LogP contribution < -0.4 is 4.90 Å². The molecule has 0 saturated heterocycles. The van der Waals surface area contributed by atoms with Crippen molar-refractivity contribution in [3.63, 3.8) is 0 Å². The van der Waals surface area contributed by atoms with Gasteiger partial charge >= 0.3 is 11.7 Å². The van der Waals surface area contributed by atoms with Crippen LogP contribution in [0.2, 0.25) is 0 Å². The van der Waals surface area contributed by atoms with E-state index in [-0.39, 0.29) is 23.7 Å². The number of nitro groups is 1. The van der Waals surface area contributed by atoms with E-state index in [1.54, 1.807) is 6.92 Å². The van der Waals surface area contributed by atoms with Crippen molar-refractivity contribution in [1.82, 2.24) is 4.98 Å². The molecule has 100 valence electrons. The Morgan fingerprint density at radius 3 is 2.79 bits per heavy atom. The Labute approximate surface area is 110 Å². The lowest BCUT2D eigenvalue weighted by Gasteiger charge is -2.19. The molecule has 0 amide bonds. The van der Waals surface area contributed by atoms with Gasteiger partial charge in [0.25, 0.3) is 0 Å². The zero-order valence-corrected chi connectivity index (χ0v) is 10.6. The third-order valence-corrected chi connectivity index (χ3v) is 2.41. The fourth-order valence-electron chi connectivity index (χ4n) is 1.48. The highest BCUT2D eigenvalue weighted by Crippen LogP contribution is 2.26. The molecule has 0 spiro atoms. The van der Waals surface area contributed by atoms with Crippen LogP contribution >= 0.6 is 0 Å². The van der Waals surface area contributed by atoms with Crippen LogP contribution in [0.3, 0.4) is 0 Å². The number of hydrogen-bond acceptors (Lipinski definition) is 6. The Morgan fingerprint density at radius 2 is 2.32 bits per heavy atom. The van der Waals surface area contributed by atoms with Crippen LogP contribution in [0, 0.1) is 22.5 Å². The maximum atomic E-state index is 11.4. The summed E-state index contributed by atoms with van der Waals surface area (Å²) in [4.78, 5) is 27.3. The maximum absolute atomic E-state index is 11.4. The van der Waals surface area contributed by atoms with Gasteiger partial charge in [0.15, 0.2) is 5.69 Å². The second-order valence-corrected chi connectivity index (χ2v) is 3.51. The van der Waals surface area contributed by atoms with Gasteiger partial charge in [-0.15, -0.1) is 6.42 Å². The Kier molecular flexibility index (Phi) is 4.83. The highest BCUT2D eigenvalue weighted by atomic mass is 16.6. The highest BCUT2D eigenvalue weighted by molar-refractivity contribution is 5.88. The number of carbonyl (C=O) groups is 1. The molecule has 0 unspecified atom stereocenters. The molecule has 0 aliphatic carbocycles. The molecular formula is C12H13N3O4. The van der Waals surface area contributed by atoms with Gasteiger partial charge in [-0.25, -0.2) is 9.78 Å². The summed E-state index contributed by atoms with van der Waals surface area (Å²) in [5.74, 6) is 1.80. The van der Waals surface area contributed by atoms with Crippen molar-refractivity contribution in [3.05, 3.63) is 27.9 Å². The molecular weight excluding hydrogens is 250 g/mol. The van der Waals surface area contributed by atoms with E-state index >= 15 is 0 Å². The molecule has 0 aromatic carbocycles. The van der Waals surface area contributed by atoms with Gasteiger partial charge in [-0.3, -0.25) is 10.1 Å². The van der Waals surface area contributed by atoms with Crippen LogP contribution in [0.4, 0.5) is 11.5 Å². The van der Waals surface area contributed by atoms with E-state index in [9.17, 15) is 14.9 Å². The minimum atomic E-state index is -0.659. The fraction of sp³-hybridized carbons (Fsp3) is 0.333. The lowest BCUT2D eigenvalue weighted by molar-refractivity contribution is -0.384. The zero-order valence-electron chi connectivity index (χ0n) is 10.6. The van der Waals surface area contributed by atoms with Crippen LogP contribution in [0.25, 0.3) is 0 Å². The fourth-order valence-corrected chi connectivity index (χ4v) is 1.48. The number of pyridine rings is 1. The van der Waals surface area contributed by atoms with Crippen molar-refractivity contribution in [2.75, 3.05) is 25.1 Å². The average Bonchev–Trinajstić information content (AvgIpc) is 2.43. The van der Waals surface area contributed by atoms with Crippen LogP contribution in [-0.4, -0.2) is 36.1 Å². The first-order valence-corrected chi connectivity index (χ1v) is 5.47. The van der Waals surface area contributed by atoms with Gasteiger partial charge in [0.2, 0.25) is 5.82 Å². The monoisotopic (exact) mass is 263 g/mol. The third kappa shape index (κ3) is 3.19. The van der Waals surface area contributed by atoms with Crippen LogP contribution in [0.1, 0.15) is 17.4 Å². The lowest BCUT2D eigenvalue weighted by Crippen LogP contribution is -2.25. The number of terminal acetylenes is 1. The van der Waals surface area contributed by atoms with Crippen molar-refractivity contribution in [1.29, 1.82) is 0 Å². The molecule has 0 atom stereocenters. The Bertz CT molecular complexity index is 536. The first-order chi connectivity index (χ1) is 9.04. The standard InChI is InChI=1S/C12H13N3O4/c1-4-8-14(5-2)11-10(15(17)18)7-6-9(13-11)12(16)19-3/h1,6-7H,5,8H2,2-3H3. The number of ether oxygens (including phenoxy) is 1. The van der Waals surface area contributed by atoms with Gasteiger partial charge in [0, 0.05) is 12.6 Å². The van der Waals surface area contributed by atoms with Gasteiger partial charge < -0.3 is 9.64 Å². The summed E-state index contributed by atoms with van der Waals surface area (Å²) < 4.78 is 4.53. The minimum absolute atomic E-state index is 0.00132. The Morgan fingerprint density at radius 1 is 1.63 bits per heavy atom. The third-order valence-electron chi connectivity index (χ3n) is 2.41. The lowest BCUT2D eigenvalue weighted by atomic mass is 10.3. The summed E-state index contributed by atoms with van der Waals surface area (Å²) in [6.45, 7) is 2.38. The molecule has 7 nitrogen and oxygen atoms in total. The molecule has 0 aliphatic rings. The van der Waals surface area contributed by atoms with Gasteiger partial charge in [-0.05, 0) is 13.0 Å². The van der Waals surface area contributed by atoms with Crippen molar-refractivity contribution in [3.8, 4) is 12.3 Å². The normalized spacial score (nSPS) is 9.53. The summed E-state index contributed by atoms with van der Waals surface area (Å²) in [6.07, 6.45) is 5.21. The molecule has 0 N–H and O–H groups in total. The molecule has 1 aromatic rings. The second kappa shape index (κ2) is 6.35. The zero-order chi connectivity index (χ0) is 14.4. The summed E-state index contributed by atoms with van der Waals surface area (Å²) >= 11 is 0. The van der Waals surface area contributed by atoms with E-state index in [0.29, 0.717) is 6.54 Å². The second-order valence-electron chi connectivity index (χ2n) is 3.51. The van der Waals surface area contributed by atoms with Crippen molar-refractivity contribution in [2.45, 2.75) is 6.92 Å². The van der Waals surface area contributed by atoms with Crippen molar-refractivity contribution < 1.29 is 14.5 Å². The number of aromatic nitrogens is 1. The number of rotatable bonds is 5. The van der Waals surface area contributed by atoms with Crippen molar-refractivity contribution in [2.24, 2.45) is 0 Å². The van der Waals surface area contributed by atoms with Crippen molar-refractivity contribution >= 4 is 17.5 Å². The van der Waals surface area contributed by atoms with Crippen LogP contribution in [0.5, 0.6) is 0 Å². The largest absolute Gasteiger partial charge is 0.464 e. The van der Waals surface area contributed by atoms with E-state index in [0.717, 1.165) is 0 Å². The molecule has 1 rings (SSSR count). The molecule has 19 heavy (non-hydrogen) atoms. The number of anilines is 1. The topological polar surface area (TPSA) is 85.6 Å². The first kappa shape index (κ1) is 14.4. The summed E-state index contributed by atoms with van der Waals surface area (Å²) in [5, 5.41) is 11.0. The molecule has 0 saturated carbocycles. The predicted molar refractivity (Wildman–Crippen MR) is 69.0 cm³/mol. The van der Waals surface area contributed by atoms with Gasteiger partial charge in [0.05, 0.1) is 18.6 Å². The van der Waals surface area contributed by atoms with Crippen LogP contribution in [-0.2, 0) is 4.74 Å². The molecule has 0 aliphatic heterocycles. The van der Waals surface area contributed by atoms with E-state index in [1.165, 1.54) is 24.1 Å². The maximum Gasteiger partial charge on any atom is 0.356 e. The number of esters is 1. The SMILES string of the molecule is C#CCN(CC)c1nc(C(=O)OC)ccc1[N+](=O)[O-]. The molecule has 0 bridgehead atoms. The average molecular weight is 263 g/mol. The summed E-state index contributed by atoms with van der Waals surface area (Å²) in [5.41, 5.74) is -0.205. The van der Waals surface area contributed by atoms with E-state index < -0.39 is 10.9 Å². The van der Waals surface area contributed by atoms with E-state index in [2.05, 4.69) is 15.6 Å². The molecule has 1 aromatic heterocycles. The number of hydrogen-bond donors (Lipinski definition) is 0. The Hall–Kier alpha value is -2.62. The molecule has 0 fully saturated rings. The highest BCUT2D eigenvalue weighted by Gasteiger charge is 2.22.